The molecule has 156 valence electrons. The summed E-state index contributed by atoms with van der Waals surface area (Å²) in [6.45, 7) is 0.174. The van der Waals surface area contributed by atoms with Crippen molar-refractivity contribution in [3.8, 4) is 17.2 Å². The van der Waals surface area contributed by atoms with Gasteiger partial charge in [0.1, 0.15) is 5.75 Å². The van der Waals surface area contributed by atoms with Gasteiger partial charge < -0.3 is 19.8 Å². The number of methoxy groups -OCH3 is 1. The lowest BCUT2D eigenvalue weighted by atomic mass is 10.2. The highest BCUT2D eigenvalue weighted by Crippen LogP contribution is 2.29. The molecule has 2 N–H and O–H groups in total. The molecule has 2 aromatic carbocycles. The highest BCUT2D eigenvalue weighted by Gasteiger charge is 2.19. The van der Waals surface area contributed by atoms with Gasteiger partial charge in [-0.25, -0.2) is 0 Å². The lowest BCUT2D eigenvalue weighted by Crippen LogP contribution is -2.35. The van der Waals surface area contributed by atoms with Gasteiger partial charge in [0.2, 0.25) is 17.7 Å². The van der Waals surface area contributed by atoms with E-state index >= 15 is 0 Å². The monoisotopic (exact) mass is 490 g/mol. The van der Waals surface area contributed by atoms with Gasteiger partial charge in [-0.3, -0.25) is 9.59 Å². The fourth-order valence-corrected chi connectivity index (χ4v) is 3.69. The summed E-state index contributed by atoms with van der Waals surface area (Å²) >= 11 is 4.57. The first-order valence-corrected chi connectivity index (χ1v) is 10.7. The first-order chi connectivity index (χ1) is 14.5. The molecule has 2 amide bonds. The number of anilines is 1. The van der Waals surface area contributed by atoms with E-state index in [1.54, 1.807) is 31.4 Å². The third-order valence-electron chi connectivity index (χ3n) is 4.10. The van der Waals surface area contributed by atoms with Crippen LogP contribution in [0, 0.1) is 0 Å². The fourth-order valence-electron chi connectivity index (χ4n) is 2.59. The molecule has 0 atom stereocenters. The van der Waals surface area contributed by atoms with Gasteiger partial charge in [-0.15, -0.1) is 10.2 Å². The summed E-state index contributed by atoms with van der Waals surface area (Å²) in [4.78, 5) is 25.6. The molecule has 0 radical (unpaired) electrons. The van der Waals surface area contributed by atoms with Crippen molar-refractivity contribution in [1.82, 2.24) is 10.2 Å². The summed E-state index contributed by atoms with van der Waals surface area (Å²) in [7, 11) is 1.56. The minimum atomic E-state index is -0.482. The van der Waals surface area contributed by atoms with Crippen molar-refractivity contribution in [1.29, 1.82) is 0 Å². The van der Waals surface area contributed by atoms with Crippen LogP contribution in [0.2, 0.25) is 0 Å². The maximum Gasteiger partial charge on any atom is 0.277 e. The van der Waals surface area contributed by atoms with Gasteiger partial charge >= 0.3 is 0 Å². The van der Waals surface area contributed by atoms with Gasteiger partial charge in [0.05, 0.1) is 18.4 Å². The topological polar surface area (TPSA) is 112 Å². The number of primary amides is 1. The molecule has 0 aliphatic carbocycles. The minimum Gasteiger partial charge on any atom is -0.497 e. The first kappa shape index (κ1) is 21.8. The first-order valence-electron chi connectivity index (χ1n) is 8.92. The third kappa shape index (κ3) is 5.61. The number of nitrogens with zero attached hydrogens (tertiary/aromatic N) is 3. The Hall–Kier alpha value is -2.85. The molecule has 0 bridgehead atoms. The maximum absolute atomic E-state index is 12.8. The molecule has 3 aromatic rings. The molecule has 10 heteroatoms. The Bertz CT molecular complexity index is 1030. The normalized spacial score (nSPS) is 10.6. The fraction of sp³-hybridized carbons (Fsp3) is 0.200. The number of carbonyl (C=O) groups is 2. The Labute approximate surface area is 185 Å². The van der Waals surface area contributed by atoms with E-state index in [1.807, 2.05) is 24.3 Å². The average molecular weight is 491 g/mol. The molecular weight excluding hydrogens is 472 g/mol. The van der Waals surface area contributed by atoms with Crippen LogP contribution in [0.4, 0.5) is 5.69 Å². The Morgan fingerprint density at radius 2 is 1.90 bits per heavy atom. The van der Waals surface area contributed by atoms with Crippen LogP contribution in [0.25, 0.3) is 11.5 Å². The van der Waals surface area contributed by atoms with Crippen LogP contribution in [-0.2, 0) is 9.59 Å². The summed E-state index contributed by atoms with van der Waals surface area (Å²) < 4.78 is 11.6. The molecule has 0 fully saturated rings. The largest absolute Gasteiger partial charge is 0.497 e. The summed E-state index contributed by atoms with van der Waals surface area (Å²) in [5, 5.41) is 8.31. The molecule has 0 saturated carbocycles. The molecule has 0 spiro atoms. The Morgan fingerprint density at radius 3 is 2.57 bits per heavy atom. The number of benzene rings is 2. The molecule has 8 nitrogen and oxygen atoms in total. The highest BCUT2D eigenvalue weighted by atomic mass is 79.9. The van der Waals surface area contributed by atoms with Crippen LogP contribution in [0.15, 0.2) is 62.6 Å². The van der Waals surface area contributed by atoms with E-state index in [1.165, 1.54) is 4.90 Å². The zero-order valence-electron chi connectivity index (χ0n) is 16.1. The van der Waals surface area contributed by atoms with Crippen molar-refractivity contribution in [2.24, 2.45) is 5.73 Å². The SMILES string of the molecule is COc1ccc(N(CCC(N)=O)C(=O)CSc2nnc(-c3ccccc3Br)o2)cc1. The van der Waals surface area contributed by atoms with Crippen molar-refractivity contribution in [2.45, 2.75) is 11.6 Å². The van der Waals surface area contributed by atoms with Gasteiger partial charge in [0, 0.05) is 23.1 Å². The van der Waals surface area contributed by atoms with Crippen LogP contribution in [0.1, 0.15) is 6.42 Å². The number of ether oxygens (including phenoxy) is 1. The number of halogens is 1. The number of nitrogens with two attached hydrogens (primary N) is 1. The van der Waals surface area contributed by atoms with E-state index in [2.05, 4.69) is 26.1 Å². The van der Waals surface area contributed by atoms with E-state index in [0.717, 1.165) is 21.8 Å². The molecule has 3 rings (SSSR count). The van der Waals surface area contributed by atoms with Crippen molar-refractivity contribution in [3.05, 3.63) is 53.0 Å². The van der Waals surface area contributed by atoms with E-state index in [9.17, 15) is 9.59 Å². The second kappa shape index (κ2) is 10.3. The van der Waals surface area contributed by atoms with Crippen LogP contribution in [0.3, 0.4) is 0 Å². The number of aromatic nitrogens is 2. The van der Waals surface area contributed by atoms with Gasteiger partial charge in [0.25, 0.3) is 5.22 Å². The molecule has 0 unspecified atom stereocenters. The number of hydrogen-bond donors (Lipinski definition) is 1. The van der Waals surface area contributed by atoms with Crippen LogP contribution >= 0.6 is 27.7 Å². The van der Waals surface area contributed by atoms with Gasteiger partial charge in [-0.05, 0) is 52.3 Å². The Kier molecular flexibility index (Phi) is 7.47. The van der Waals surface area contributed by atoms with Crippen molar-refractivity contribution in [2.75, 3.05) is 24.3 Å². The highest BCUT2D eigenvalue weighted by molar-refractivity contribution is 9.10. The predicted molar refractivity (Wildman–Crippen MR) is 117 cm³/mol. The molecular formula is C20H19BrN4O4S. The molecule has 0 aliphatic heterocycles. The Morgan fingerprint density at radius 1 is 1.17 bits per heavy atom. The van der Waals surface area contributed by atoms with Crippen LogP contribution < -0.4 is 15.4 Å². The van der Waals surface area contributed by atoms with Crippen molar-refractivity contribution in [3.63, 3.8) is 0 Å². The molecule has 1 heterocycles. The second-order valence-electron chi connectivity index (χ2n) is 6.10. The number of hydrogen-bond acceptors (Lipinski definition) is 7. The van der Waals surface area contributed by atoms with E-state index in [4.69, 9.17) is 14.9 Å². The standard InChI is InChI=1S/C20H19BrN4O4S/c1-28-14-8-6-13(7-9-14)25(11-10-17(22)26)18(27)12-30-20-24-23-19(29-20)15-4-2-3-5-16(15)21/h2-9H,10-12H2,1H3,(H2,22,26). The molecule has 0 aliphatic rings. The van der Waals surface area contributed by atoms with Gasteiger partial charge in [-0.2, -0.15) is 0 Å². The van der Waals surface area contributed by atoms with E-state index in [-0.39, 0.29) is 29.8 Å². The summed E-state index contributed by atoms with van der Waals surface area (Å²) in [5.41, 5.74) is 6.67. The second-order valence-corrected chi connectivity index (χ2v) is 7.88. The van der Waals surface area contributed by atoms with Gasteiger partial charge in [0.15, 0.2) is 0 Å². The van der Waals surface area contributed by atoms with E-state index < -0.39 is 5.91 Å². The molecule has 1 aromatic heterocycles. The zero-order valence-corrected chi connectivity index (χ0v) is 18.5. The number of carbonyl (C=O) groups excluding carboxylic acids is 2. The predicted octanol–water partition coefficient (Wildman–Crippen LogP) is 3.51. The quantitative estimate of drug-likeness (QED) is 0.456. The summed E-state index contributed by atoms with van der Waals surface area (Å²) in [6, 6.07) is 14.5. The molecule has 30 heavy (non-hydrogen) atoms. The van der Waals surface area contributed by atoms with Crippen LogP contribution in [-0.4, -0.2) is 41.4 Å². The minimum absolute atomic E-state index is 0.0508. The lowest BCUT2D eigenvalue weighted by molar-refractivity contribution is -0.118. The summed E-state index contributed by atoms with van der Waals surface area (Å²) in [6.07, 6.45) is 0.0508. The average Bonchev–Trinajstić information content (AvgIpc) is 3.21. The van der Waals surface area contributed by atoms with E-state index in [0.29, 0.717) is 17.3 Å². The van der Waals surface area contributed by atoms with Crippen molar-refractivity contribution < 1.29 is 18.7 Å². The maximum atomic E-state index is 12.8. The zero-order chi connectivity index (χ0) is 21.5. The van der Waals surface area contributed by atoms with Crippen molar-refractivity contribution >= 4 is 45.2 Å². The molecule has 0 saturated heterocycles. The number of amides is 2. The summed E-state index contributed by atoms with van der Waals surface area (Å²) in [5.74, 6) is 0.387. The van der Waals surface area contributed by atoms with Gasteiger partial charge in [-0.1, -0.05) is 23.9 Å². The Balaban J connectivity index is 1.69. The number of rotatable bonds is 9. The lowest BCUT2D eigenvalue weighted by Gasteiger charge is -2.22. The third-order valence-corrected chi connectivity index (χ3v) is 5.59. The van der Waals surface area contributed by atoms with Crippen LogP contribution in [0.5, 0.6) is 5.75 Å². The number of thioether (sulfide) groups is 1. The smallest absolute Gasteiger partial charge is 0.277 e.